The Balaban J connectivity index is 1.84. The minimum absolute atomic E-state index is 0.0225. The average molecular weight is 541 g/mol. The van der Waals surface area contributed by atoms with Crippen molar-refractivity contribution < 1.29 is 22.6 Å². The molecule has 14 nitrogen and oxygen atoms in total. The summed E-state index contributed by atoms with van der Waals surface area (Å²) in [6.07, 6.45) is 4.94. The quantitative estimate of drug-likeness (QED) is 0.376. The van der Waals surface area contributed by atoms with Gasteiger partial charge in [0.25, 0.3) is 5.56 Å². The van der Waals surface area contributed by atoms with Gasteiger partial charge in [-0.25, -0.2) is 27.9 Å². The van der Waals surface area contributed by atoms with Gasteiger partial charge in [0.05, 0.1) is 20.3 Å². The molecule has 0 fully saturated rings. The number of aromatic amines is 1. The molecule has 1 aliphatic heterocycles. The largest absolute Gasteiger partial charge is 0.494 e. The van der Waals surface area contributed by atoms with E-state index in [1.165, 1.54) is 46.6 Å². The lowest BCUT2D eigenvalue weighted by Gasteiger charge is -2.22. The molecule has 3 aromatic rings. The number of methoxy groups -OCH3 is 3. The van der Waals surface area contributed by atoms with Crippen molar-refractivity contribution in [3.8, 4) is 11.4 Å². The maximum Gasteiger partial charge on any atom is 0.276 e. The first-order valence-corrected chi connectivity index (χ1v) is 12.6. The highest BCUT2D eigenvalue weighted by Gasteiger charge is 2.35. The Kier molecular flexibility index (Phi) is 7.55. The van der Waals surface area contributed by atoms with Gasteiger partial charge in [0.1, 0.15) is 17.1 Å². The summed E-state index contributed by atoms with van der Waals surface area (Å²) in [4.78, 5) is 28.1. The summed E-state index contributed by atoms with van der Waals surface area (Å²) in [6, 6.07) is 1.49. The van der Waals surface area contributed by atoms with Gasteiger partial charge in [0.2, 0.25) is 21.9 Å². The first-order chi connectivity index (χ1) is 18.2. The number of aryl methyl sites for hydroxylation is 1. The monoisotopic (exact) mass is 540 g/mol. The zero-order valence-electron chi connectivity index (χ0n) is 21.1. The van der Waals surface area contributed by atoms with E-state index in [-0.39, 0.29) is 40.6 Å². The SMILES string of the molecule is COC1=NC(c2nnc(NS(=O)(=O)[C@@H](C)[C@H](OC)c3ncc(C)cn3)n2-c2c(OC)cc[nH]c2=O)=C=C=C1. The van der Waals surface area contributed by atoms with Gasteiger partial charge < -0.3 is 19.2 Å². The second kappa shape index (κ2) is 10.8. The number of rotatable bonds is 9. The average Bonchev–Trinajstić information content (AvgIpc) is 3.32. The Bertz CT molecular complexity index is 1650. The van der Waals surface area contributed by atoms with Crippen LogP contribution < -0.4 is 15.0 Å². The molecule has 0 spiro atoms. The summed E-state index contributed by atoms with van der Waals surface area (Å²) in [5.41, 5.74) is 5.71. The number of pyridine rings is 1. The number of nitrogens with zero attached hydrogens (tertiary/aromatic N) is 6. The number of H-pyrrole nitrogens is 1. The van der Waals surface area contributed by atoms with Crippen molar-refractivity contribution in [1.82, 2.24) is 29.7 Å². The number of sulfonamides is 1. The molecule has 38 heavy (non-hydrogen) atoms. The second-order valence-corrected chi connectivity index (χ2v) is 9.99. The van der Waals surface area contributed by atoms with E-state index in [0.29, 0.717) is 0 Å². The summed E-state index contributed by atoms with van der Waals surface area (Å²) >= 11 is 0. The van der Waals surface area contributed by atoms with E-state index < -0.39 is 26.9 Å². The lowest BCUT2D eigenvalue weighted by atomic mass is 10.2. The molecule has 198 valence electrons. The molecule has 0 unspecified atom stereocenters. The maximum absolute atomic E-state index is 13.5. The van der Waals surface area contributed by atoms with Crippen molar-refractivity contribution in [2.24, 2.45) is 4.99 Å². The molecule has 0 bridgehead atoms. The molecule has 15 heteroatoms. The van der Waals surface area contributed by atoms with Gasteiger partial charge in [-0.15, -0.1) is 10.2 Å². The number of hydrogen-bond donors (Lipinski definition) is 2. The van der Waals surface area contributed by atoms with Crippen LogP contribution in [0.3, 0.4) is 0 Å². The first-order valence-electron chi connectivity index (χ1n) is 11.1. The smallest absolute Gasteiger partial charge is 0.276 e. The van der Waals surface area contributed by atoms with Crippen molar-refractivity contribution in [2.75, 3.05) is 26.1 Å². The Labute approximate surface area is 217 Å². The highest BCUT2D eigenvalue weighted by Crippen LogP contribution is 2.29. The predicted octanol–water partition coefficient (Wildman–Crippen LogP) is 1.29. The second-order valence-electron chi connectivity index (χ2n) is 7.95. The minimum Gasteiger partial charge on any atom is -0.494 e. The Hall–Kier alpha value is -4.55. The number of ether oxygens (including phenoxy) is 3. The van der Waals surface area contributed by atoms with E-state index in [0.717, 1.165) is 10.1 Å². The topological polar surface area (TPSA) is 176 Å². The zero-order valence-corrected chi connectivity index (χ0v) is 21.9. The third-order valence-corrected chi connectivity index (χ3v) is 7.19. The van der Waals surface area contributed by atoms with Crippen molar-refractivity contribution in [1.29, 1.82) is 0 Å². The lowest BCUT2D eigenvalue weighted by molar-refractivity contribution is 0.0949. The molecule has 4 rings (SSSR count). The molecule has 4 heterocycles. The van der Waals surface area contributed by atoms with Crippen molar-refractivity contribution >= 4 is 27.6 Å². The maximum atomic E-state index is 13.5. The van der Waals surface area contributed by atoms with E-state index in [1.807, 2.05) is 6.92 Å². The number of aromatic nitrogens is 6. The zero-order chi connectivity index (χ0) is 27.4. The summed E-state index contributed by atoms with van der Waals surface area (Å²) in [5.74, 6) is 0.173. The van der Waals surface area contributed by atoms with Crippen LogP contribution in [0.15, 0.2) is 52.0 Å². The first kappa shape index (κ1) is 26.5. The normalized spacial score (nSPS) is 14.4. The molecule has 0 aliphatic carbocycles. The summed E-state index contributed by atoms with van der Waals surface area (Å²) in [6.45, 7) is 3.24. The van der Waals surface area contributed by atoms with Crippen LogP contribution in [0.25, 0.3) is 11.4 Å². The van der Waals surface area contributed by atoms with E-state index >= 15 is 0 Å². The molecule has 3 aromatic heterocycles. The van der Waals surface area contributed by atoms with Crippen LogP contribution in [0.5, 0.6) is 5.75 Å². The van der Waals surface area contributed by atoms with Crippen LogP contribution in [-0.4, -0.2) is 70.6 Å². The van der Waals surface area contributed by atoms with Gasteiger partial charge >= 0.3 is 0 Å². The summed E-state index contributed by atoms with van der Waals surface area (Å²) < 4.78 is 46.6. The molecule has 2 atom stereocenters. The van der Waals surface area contributed by atoms with Gasteiger partial charge in [0, 0.05) is 25.7 Å². The van der Waals surface area contributed by atoms with Gasteiger partial charge in [-0.1, -0.05) is 5.73 Å². The molecule has 0 saturated heterocycles. The molecule has 0 radical (unpaired) electrons. The lowest BCUT2D eigenvalue weighted by Crippen LogP contribution is -2.34. The van der Waals surface area contributed by atoms with Gasteiger partial charge in [-0.2, -0.15) is 0 Å². The highest BCUT2D eigenvalue weighted by molar-refractivity contribution is 7.93. The van der Waals surface area contributed by atoms with Crippen LogP contribution in [0.2, 0.25) is 0 Å². The van der Waals surface area contributed by atoms with Crippen LogP contribution in [0.4, 0.5) is 5.95 Å². The Morgan fingerprint density at radius 3 is 2.53 bits per heavy atom. The number of hydrogen-bond acceptors (Lipinski definition) is 11. The molecule has 0 saturated carbocycles. The molecule has 2 N–H and O–H groups in total. The van der Waals surface area contributed by atoms with E-state index in [4.69, 9.17) is 14.2 Å². The fourth-order valence-corrected chi connectivity index (χ4v) is 4.66. The molecular weight excluding hydrogens is 516 g/mol. The van der Waals surface area contributed by atoms with Crippen LogP contribution in [0, 0.1) is 6.92 Å². The minimum atomic E-state index is -4.22. The van der Waals surface area contributed by atoms with Gasteiger partial charge in [0.15, 0.2) is 23.0 Å². The van der Waals surface area contributed by atoms with Crippen LogP contribution in [-0.2, 0) is 19.5 Å². The number of nitrogens with one attached hydrogen (secondary N) is 2. The van der Waals surface area contributed by atoms with E-state index in [2.05, 4.69) is 46.3 Å². The van der Waals surface area contributed by atoms with Gasteiger partial charge in [-0.05, 0) is 31.2 Å². The predicted molar refractivity (Wildman–Crippen MR) is 137 cm³/mol. The third-order valence-electron chi connectivity index (χ3n) is 5.49. The fourth-order valence-electron chi connectivity index (χ4n) is 3.53. The van der Waals surface area contributed by atoms with Crippen molar-refractivity contribution in [3.05, 3.63) is 69.8 Å². The Morgan fingerprint density at radius 1 is 1.13 bits per heavy atom. The standard InChI is InChI=1S/C23H24N8O6S/c1-13-11-25-20(26-12-13)19(37-5)14(2)38(33,34)30-23-29-28-21(15-7-6-8-17(27-15)36-4)31(23)18-16(35-3)9-10-24-22(18)32/h8-12,14,19H,1-5H3,(H,24,32)(H,29,30)/t14-,19-/m0/s1. The van der Waals surface area contributed by atoms with Crippen LogP contribution in [0.1, 0.15) is 30.2 Å². The van der Waals surface area contributed by atoms with Crippen molar-refractivity contribution in [2.45, 2.75) is 25.2 Å². The summed E-state index contributed by atoms with van der Waals surface area (Å²) in [5, 5.41) is 6.90. The van der Waals surface area contributed by atoms with Crippen molar-refractivity contribution in [3.63, 3.8) is 0 Å². The van der Waals surface area contributed by atoms with Crippen LogP contribution >= 0.6 is 0 Å². The fraction of sp³-hybridized carbons (Fsp3) is 0.304. The Morgan fingerprint density at radius 2 is 1.87 bits per heavy atom. The summed E-state index contributed by atoms with van der Waals surface area (Å²) in [7, 11) is -0.0842. The molecule has 1 aliphatic rings. The molecular formula is C23H24N8O6S. The van der Waals surface area contributed by atoms with E-state index in [1.54, 1.807) is 12.4 Å². The highest BCUT2D eigenvalue weighted by atomic mass is 32.2. The molecule has 0 aromatic carbocycles. The van der Waals surface area contributed by atoms with E-state index in [9.17, 15) is 13.2 Å². The number of aliphatic imine (C=N–C) groups is 1. The third kappa shape index (κ3) is 5.12. The van der Waals surface area contributed by atoms with Gasteiger partial charge in [-0.3, -0.25) is 9.52 Å². The number of anilines is 1. The molecule has 0 amide bonds.